The Kier molecular flexibility index (Phi) is 23.4. The van der Waals surface area contributed by atoms with Crippen LogP contribution < -0.4 is 64.2 Å². The summed E-state index contributed by atoms with van der Waals surface area (Å²) in [5.41, 5.74) is 0.431. The molecule has 75 heavy (non-hydrogen) atoms. The normalized spacial score (nSPS) is 44.7. The zero-order valence-corrected chi connectivity index (χ0v) is 50.0. The van der Waals surface area contributed by atoms with Gasteiger partial charge in [0.15, 0.2) is 18.9 Å². The quantitative estimate of drug-likeness (QED) is 0.0208. The van der Waals surface area contributed by atoms with Gasteiger partial charge in [-0.1, -0.05) is 58.4 Å². The van der Waals surface area contributed by atoms with Crippen molar-refractivity contribution < 1.29 is 163 Å². The molecule has 3 heterocycles. The number of hydrogen-bond acceptors (Lipinski definition) is 22. The Bertz CT molecular complexity index is 2210. The van der Waals surface area contributed by atoms with Gasteiger partial charge in [-0.25, -0.2) is 12.6 Å². The molecule has 8 N–H and O–H groups in total. The van der Waals surface area contributed by atoms with Crippen LogP contribution >= 0.6 is 0 Å². The number of nitrogens with zero attached hydrogens (tertiary/aromatic N) is 1. The molecule has 3 saturated carbocycles. The number of aliphatic imine (C=N–C) groups is 1. The van der Waals surface area contributed by atoms with Crippen molar-refractivity contribution in [1.29, 1.82) is 0 Å². The van der Waals surface area contributed by atoms with Gasteiger partial charge >= 0.3 is 69.5 Å². The molecule has 0 spiro atoms. The molecule has 0 aromatic heterocycles. The van der Waals surface area contributed by atoms with E-state index in [1.54, 1.807) is 6.92 Å². The Balaban J connectivity index is 0.00000520. The van der Waals surface area contributed by atoms with E-state index in [2.05, 4.69) is 37.9 Å². The van der Waals surface area contributed by atoms with Crippen LogP contribution in [0, 0.1) is 52.3 Å². The molecule has 7 aliphatic rings. The van der Waals surface area contributed by atoms with Gasteiger partial charge in [0.2, 0.25) is 0 Å². The maximum atomic E-state index is 12.7. The molecule has 0 radical (unpaired) electrons. The van der Waals surface area contributed by atoms with Gasteiger partial charge in [-0.15, -0.1) is 0 Å². The zero-order valence-electron chi connectivity index (χ0n) is 44.3. The predicted molar refractivity (Wildman–Crippen MR) is 252 cm³/mol. The van der Waals surface area contributed by atoms with Crippen molar-refractivity contribution in [3.05, 3.63) is 23.8 Å². The Morgan fingerprint density at radius 2 is 1.51 bits per heavy atom. The number of hydrogen-bond donors (Lipinski definition) is 8. The number of aliphatic hydroxyl groups excluding tert-OH is 7. The molecule has 1 unspecified atom stereocenters. The van der Waals surface area contributed by atoms with Crippen LogP contribution in [0.3, 0.4) is 0 Å². The van der Waals surface area contributed by atoms with Gasteiger partial charge in [0.1, 0.15) is 61.0 Å². The number of rotatable bonds is 18. The minimum Gasteiger partial charge on any atom is -0.862 e. The average molecular weight is 1130 g/mol. The van der Waals surface area contributed by atoms with Crippen LogP contribution in [-0.4, -0.2) is 198 Å². The van der Waals surface area contributed by atoms with Gasteiger partial charge in [0.05, 0.1) is 53.9 Å². The summed E-state index contributed by atoms with van der Waals surface area (Å²) in [4.78, 5) is 3.80. The van der Waals surface area contributed by atoms with E-state index in [9.17, 15) is 66.8 Å². The predicted octanol–water partition coefficient (Wildman–Crippen LogP) is -6.71. The first-order chi connectivity index (χ1) is 34.1. The first kappa shape index (κ1) is 66.0. The molecule has 7 rings (SSSR count). The van der Waals surface area contributed by atoms with Gasteiger partial charge < -0.3 is 83.6 Å². The van der Waals surface area contributed by atoms with Crippen molar-refractivity contribution in [2.75, 3.05) is 32.6 Å². The number of methoxy groups -OCH3 is 1. The number of aliphatic hydroxyl groups is 7. The van der Waals surface area contributed by atoms with Gasteiger partial charge in [-0.3, -0.25) is 4.55 Å². The molecule has 0 aromatic carbocycles. The second-order valence-electron chi connectivity index (χ2n) is 22.1. The van der Waals surface area contributed by atoms with E-state index in [-0.39, 0.29) is 101 Å². The van der Waals surface area contributed by atoms with E-state index in [1.165, 1.54) is 19.6 Å². The first-order valence-electron chi connectivity index (χ1n) is 25.4. The fourth-order valence-corrected chi connectivity index (χ4v) is 14.2. The third-order valence-corrected chi connectivity index (χ3v) is 18.8. The Labute approximate surface area is 484 Å². The maximum Gasteiger partial charge on any atom is 1.00 e. The molecule has 0 aromatic rings. The van der Waals surface area contributed by atoms with Crippen LogP contribution in [0.4, 0.5) is 0 Å². The summed E-state index contributed by atoms with van der Waals surface area (Å²) in [5, 5.41) is 90.3. The molecule has 0 amide bonds. The molecule has 3 aliphatic heterocycles. The summed E-state index contributed by atoms with van der Waals surface area (Å²) in [5.74, 6) is -2.06. The average Bonchev–Trinajstić information content (AvgIpc) is 3.68. The summed E-state index contributed by atoms with van der Waals surface area (Å²) >= 11 is 0. The SMILES string of the molecule is CO[C@@H]1[C@@H](O)[C@H](O[C@H]2[C@H](O[C@@H]3[C@@H](O)[C@H](O[C@H]4C[C@@H]5C(=CC[C@]6(C)[C@@H]([C@H](C)/C=C/[C@@H](C)[C@@H](C)C([O-])=NCCS(=O)(=O)[O-])CC[C@@H]56)[C@@]5(C)CC[C@H](OS(=O)(=O)O)CC45)O[C@H](CO)[C@H]3O)OC[C@@H](O)[C@@H]2O)O[C@H](C)[C@H]1O.[Na+].[Na+]. The Morgan fingerprint density at radius 3 is 2.15 bits per heavy atom. The third kappa shape index (κ3) is 14.5. The van der Waals surface area contributed by atoms with E-state index < -0.39 is 167 Å². The Hall–Kier alpha value is 0.170. The summed E-state index contributed by atoms with van der Waals surface area (Å²) in [6.45, 7) is 10.0. The standard InChI is InChI=1S/C48H79NO22S2.2Na/c1-22(24(3)43(57)49-16-17-72(58,59)60)8-9-23(2)28-10-11-29-27-19-33(31-18-26(71-73(61,62)63)12-14-48(31,6)30(27)13-15-47(28,29)5)67-45-39(56)41(37(54)34(20-50)68-45)69-46-42(36(53)32(51)21-65-46)70-44-38(55)40(64-7)35(52)25(4)66-44;;/h8-9,13,22-29,31-42,44-46,50-56H,10-12,14-21H2,1-7H3,(H,49,57)(H,58,59,60)(H,61,62,63);;/q;2*+1/p-2/b9-8+;;/t22-,23-,24-,25-,26+,27+,28-,29+,31?,32-,33+,34-,35-,36+,37-,38-,39-,40+,41+,42-,44+,45-,46+,47-,48-;;/m1../s1. The summed E-state index contributed by atoms with van der Waals surface area (Å²) < 4.78 is 114. The number of ether oxygens (including phenoxy) is 7. The molecule has 0 bridgehead atoms. The summed E-state index contributed by atoms with van der Waals surface area (Å²) in [7, 11) is -8.07. The van der Waals surface area contributed by atoms with Crippen LogP contribution in [-0.2, 0) is 57.9 Å². The first-order valence-corrected chi connectivity index (χ1v) is 28.4. The molecule has 25 atom stereocenters. The van der Waals surface area contributed by atoms with Gasteiger partial charge in [-0.2, -0.15) is 8.42 Å². The minimum atomic E-state index is -4.84. The molecule has 27 heteroatoms. The second kappa shape index (κ2) is 26.6. The maximum absolute atomic E-state index is 12.7. The number of allylic oxidation sites excluding steroid dienone is 4. The molecule has 3 saturated heterocycles. The molecule has 420 valence electrons. The van der Waals surface area contributed by atoms with Crippen LogP contribution in [0.2, 0.25) is 0 Å². The minimum absolute atomic E-state index is 0. The van der Waals surface area contributed by atoms with E-state index in [1.807, 2.05) is 13.0 Å². The van der Waals surface area contributed by atoms with Gasteiger partial charge in [0, 0.05) is 7.11 Å². The summed E-state index contributed by atoms with van der Waals surface area (Å²) in [6.07, 6.45) is -12.6. The molecule has 4 aliphatic carbocycles. The second-order valence-corrected chi connectivity index (χ2v) is 24.6. The Morgan fingerprint density at radius 1 is 0.853 bits per heavy atom. The van der Waals surface area contributed by atoms with Crippen molar-refractivity contribution in [2.24, 2.45) is 57.2 Å². The molecular weight excluding hydrogens is 1050 g/mol. The van der Waals surface area contributed by atoms with E-state index in [4.69, 9.17) is 37.3 Å². The monoisotopic (exact) mass is 1130 g/mol. The van der Waals surface area contributed by atoms with Crippen molar-refractivity contribution in [3.63, 3.8) is 0 Å². The smallest absolute Gasteiger partial charge is 0.862 e. The van der Waals surface area contributed by atoms with Gasteiger partial charge in [0.25, 0.3) is 0 Å². The van der Waals surface area contributed by atoms with Crippen LogP contribution in [0.15, 0.2) is 28.8 Å². The molecular formula is C48H77NNa2O22S2. The van der Waals surface area contributed by atoms with E-state index in [0.717, 1.165) is 19.3 Å². The number of fused-ring (bicyclic) bond motifs is 5. The van der Waals surface area contributed by atoms with Crippen molar-refractivity contribution in [2.45, 2.75) is 185 Å². The zero-order chi connectivity index (χ0) is 53.7. The molecule has 6 fully saturated rings. The van der Waals surface area contributed by atoms with Crippen LogP contribution in [0.1, 0.15) is 86.5 Å². The topological polar surface area (TPSA) is 362 Å². The van der Waals surface area contributed by atoms with Crippen LogP contribution in [0.5, 0.6) is 0 Å². The van der Waals surface area contributed by atoms with E-state index in [0.29, 0.717) is 19.3 Å². The van der Waals surface area contributed by atoms with Crippen LogP contribution in [0.25, 0.3) is 0 Å². The fourth-order valence-electron chi connectivity index (χ4n) is 13.3. The largest absolute Gasteiger partial charge is 1.00 e. The van der Waals surface area contributed by atoms with Crippen molar-refractivity contribution >= 4 is 26.4 Å². The van der Waals surface area contributed by atoms with E-state index >= 15 is 0 Å². The fraction of sp³-hybridized carbons (Fsp3) is 0.896. The third-order valence-electron chi connectivity index (χ3n) is 17.6. The molecule has 23 nitrogen and oxygen atoms in total. The van der Waals surface area contributed by atoms with Crippen molar-refractivity contribution in [1.82, 2.24) is 0 Å². The van der Waals surface area contributed by atoms with Gasteiger partial charge in [-0.05, 0) is 110 Å². The van der Waals surface area contributed by atoms with Crippen molar-refractivity contribution in [3.8, 4) is 0 Å². The summed E-state index contributed by atoms with van der Waals surface area (Å²) in [6, 6.07) is 0.